The number of carbonyl (C=O) groups is 1. The number of halogens is 3. The number of nitrogens with zero attached hydrogens (tertiary/aromatic N) is 3. The molecule has 0 saturated carbocycles. The zero-order valence-electron chi connectivity index (χ0n) is 14.9. The average Bonchev–Trinajstić information content (AvgIpc) is 2.74. The third-order valence-electron chi connectivity index (χ3n) is 2.85. The first-order valence-corrected chi connectivity index (χ1v) is 7.61. The van der Waals surface area contributed by atoms with Crippen LogP contribution in [0.5, 0.6) is 0 Å². The van der Waals surface area contributed by atoms with Crippen molar-refractivity contribution in [2.45, 2.75) is 71.6 Å². The Morgan fingerprint density at radius 2 is 1.83 bits per heavy atom. The van der Waals surface area contributed by atoms with Crippen LogP contribution in [0.3, 0.4) is 0 Å². The van der Waals surface area contributed by atoms with Crippen molar-refractivity contribution in [3.8, 4) is 0 Å². The highest BCUT2D eigenvalue weighted by Crippen LogP contribution is 2.23. The van der Waals surface area contributed by atoms with Crippen LogP contribution < -0.4 is 0 Å². The molecule has 0 N–H and O–H groups in total. The highest BCUT2D eigenvalue weighted by atomic mass is 19.4. The second-order valence-corrected chi connectivity index (χ2v) is 7.53. The van der Waals surface area contributed by atoms with Crippen LogP contribution in [0.15, 0.2) is 11.2 Å². The predicted octanol–water partition coefficient (Wildman–Crippen LogP) is 3.85. The van der Waals surface area contributed by atoms with Gasteiger partial charge in [-0.1, -0.05) is 20.8 Å². The molecule has 0 aliphatic heterocycles. The first-order valence-electron chi connectivity index (χ1n) is 7.61. The third kappa shape index (κ3) is 7.14. The Morgan fingerprint density at radius 3 is 2.29 bits per heavy atom. The molecular weight excluding hydrogens is 323 g/mol. The van der Waals surface area contributed by atoms with Crippen molar-refractivity contribution in [2.75, 3.05) is 0 Å². The van der Waals surface area contributed by atoms with Gasteiger partial charge in [0.05, 0.1) is 17.8 Å². The van der Waals surface area contributed by atoms with Gasteiger partial charge in [-0.25, -0.2) is 0 Å². The van der Waals surface area contributed by atoms with Crippen molar-refractivity contribution < 1.29 is 22.7 Å². The number of rotatable bonds is 4. The van der Waals surface area contributed by atoms with Crippen LogP contribution in [0.2, 0.25) is 0 Å². The SMILES string of the molecule is CC(C)(C)OC(=O)CCc1cc(C(C)(C)C)nn1/N=C/C(F)(F)F. The van der Waals surface area contributed by atoms with Gasteiger partial charge in [-0.2, -0.15) is 28.2 Å². The van der Waals surface area contributed by atoms with E-state index in [0.717, 1.165) is 4.79 Å². The van der Waals surface area contributed by atoms with Crippen LogP contribution in [0.25, 0.3) is 0 Å². The van der Waals surface area contributed by atoms with Crippen molar-refractivity contribution in [1.82, 2.24) is 9.89 Å². The summed E-state index contributed by atoms with van der Waals surface area (Å²) in [5.41, 5.74) is 0.0643. The number of hydrogen-bond acceptors (Lipinski definition) is 4. The summed E-state index contributed by atoms with van der Waals surface area (Å²) in [6, 6.07) is 1.66. The van der Waals surface area contributed by atoms with Crippen molar-refractivity contribution in [1.29, 1.82) is 0 Å². The fourth-order valence-electron chi connectivity index (χ4n) is 1.79. The fraction of sp³-hybridized carbons (Fsp3) is 0.688. The maximum atomic E-state index is 12.3. The molecule has 1 aromatic heterocycles. The van der Waals surface area contributed by atoms with E-state index in [2.05, 4.69) is 10.2 Å². The van der Waals surface area contributed by atoms with Crippen LogP contribution in [-0.4, -0.2) is 33.9 Å². The predicted molar refractivity (Wildman–Crippen MR) is 85.0 cm³/mol. The molecule has 0 unspecified atom stereocenters. The standard InChI is InChI=1S/C16H24F3N3O2/c1-14(2,3)12-9-11(7-8-13(23)24-15(4,5)6)22(21-12)20-10-16(17,18)19/h9-10H,7-8H2,1-6H3/b20-10+. The van der Waals surface area contributed by atoms with E-state index in [1.54, 1.807) is 26.8 Å². The highest BCUT2D eigenvalue weighted by molar-refractivity contribution is 5.70. The maximum Gasteiger partial charge on any atom is 0.428 e. The van der Waals surface area contributed by atoms with E-state index in [4.69, 9.17) is 4.74 Å². The molecule has 0 aliphatic rings. The summed E-state index contributed by atoms with van der Waals surface area (Å²) in [6.07, 6.45) is -4.43. The van der Waals surface area contributed by atoms with Crippen molar-refractivity contribution in [3.63, 3.8) is 0 Å². The lowest BCUT2D eigenvalue weighted by Crippen LogP contribution is -2.24. The van der Waals surface area contributed by atoms with Gasteiger partial charge >= 0.3 is 12.1 Å². The van der Waals surface area contributed by atoms with E-state index in [-0.39, 0.29) is 24.5 Å². The van der Waals surface area contributed by atoms with E-state index in [1.807, 2.05) is 20.8 Å². The van der Waals surface area contributed by atoms with Crippen LogP contribution in [0.1, 0.15) is 59.4 Å². The number of ether oxygens (including phenoxy) is 1. The van der Waals surface area contributed by atoms with E-state index >= 15 is 0 Å². The number of aromatic nitrogens is 2. The molecule has 0 fully saturated rings. The molecule has 5 nitrogen and oxygen atoms in total. The number of aryl methyl sites for hydroxylation is 1. The minimum Gasteiger partial charge on any atom is -0.460 e. The van der Waals surface area contributed by atoms with E-state index in [1.165, 1.54) is 0 Å². The summed E-state index contributed by atoms with van der Waals surface area (Å²) in [5.74, 6) is -0.424. The smallest absolute Gasteiger partial charge is 0.428 e. The normalized spacial score (nSPS) is 13.5. The Labute approximate surface area is 139 Å². The molecule has 0 amide bonds. The van der Waals surface area contributed by atoms with Gasteiger partial charge in [0.15, 0.2) is 0 Å². The Hall–Kier alpha value is -1.86. The van der Waals surface area contributed by atoms with Gasteiger partial charge in [0.2, 0.25) is 0 Å². The number of alkyl halides is 3. The summed E-state index contributed by atoms with van der Waals surface area (Å²) in [4.78, 5) is 12.7. The molecule has 8 heteroatoms. The van der Waals surface area contributed by atoms with Gasteiger partial charge in [0.25, 0.3) is 0 Å². The molecule has 1 heterocycles. The first-order chi connectivity index (χ1) is 10.7. The third-order valence-corrected chi connectivity index (χ3v) is 2.85. The van der Waals surface area contributed by atoms with Gasteiger partial charge in [0.1, 0.15) is 11.8 Å². The molecule has 24 heavy (non-hydrogen) atoms. The maximum absolute atomic E-state index is 12.3. The fourth-order valence-corrected chi connectivity index (χ4v) is 1.79. The van der Waals surface area contributed by atoms with Crippen molar-refractivity contribution >= 4 is 12.2 Å². The summed E-state index contributed by atoms with van der Waals surface area (Å²) in [6.45, 7) is 10.9. The molecule has 1 rings (SSSR count). The van der Waals surface area contributed by atoms with Gasteiger partial charge < -0.3 is 4.74 Å². The highest BCUT2D eigenvalue weighted by Gasteiger charge is 2.25. The van der Waals surface area contributed by atoms with Gasteiger partial charge in [-0.3, -0.25) is 4.79 Å². The van der Waals surface area contributed by atoms with Crippen LogP contribution in [-0.2, 0) is 21.4 Å². The lowest BCUT2D eigenvalue weighted by Gasteiger charge is -2.19. The van der Waals surface area contributed by atoms with E-state index < -0.39 is 17.7 Å². The van der Waals surface area contributed by atoms with E-state index in [9.17, 15) is 18.0 Å². The largest absolute Gasteiger partial charge is 0.460 e. The van der Waals surface area contributed by atoms with Crippen LogP contribution in [0.4, 0.5) is 13.2 Å². The molecule has 0 radical (unpaired) electrons. The molecule has 0 atom stereocenters. The minimum absolute atomic E-state index is 0.0358. The molecule has 0 aliphatic carbocycles. The topological polar surface area (TPSA) is 56.5 Å². The number of esters is 1. The molecule has 0 saturated heterocycles. The summed E-state index contributed by atoms with van der Waals surface area (Å²) >= 11 is 0. The Bertz CT molecular complexity index is 606. The Balaban J connectivity index is 2.97. The molecule has 0 bridgehead atoms. The zero-order chi connectivity index (χ0) is 18.8. The van der Waals surface area contributed by atoms with Crippen LogP contribution in [0, 0.1) is 0 Å². The quantitative estimate of drug-likeness (QED) is 0.614. The van der Waals surface area contributed by atoms with E-state index in [0.29, 0.717) is 11.4 Å². The summed E-state index contributed by atoms with van der Waals surface area (Å²) in [5, 5.41) is 7.47. The van der Waals surface area contributed by atoms with Gasteiger partial charge in [-0.15, -0.1) is 0 Å². The van der Waals surface area contributed by atoms with Gasteiger partial charge in [0, 0.05) is 11.8 Å². The average molecular weight is 347 g/mol. The van der Waals surface area contributed by atoms with Crippen molar-refractivity contribution in [2.24, 2.45) is 5.10 Å². The minimum atomic E-state index is -4.53. The van der Waals surface area contributed by atoms with Crippen LogP contribution >= 0.6 is 0 Å². The lowest BCUT2D eigenvalue weighted by molar-refractivity contribution is -0.154. The number of carbonyl (C=O) groups excluding carboxylic acids is 1. The molecule has 0 aromatic carbocycles. The number of hydrogen-bond donors (Lipinski definition) is 0. The first kappa shape index (κ1) is 20.2. The second kappa shape index (κ2) is 6.94. The Kier molecular flexibility index (Phi) is 5.84. The van der Waals surface area contributed by atoms with Crippen molar-refractivity contribution in [3.05, 3.63) is 17.5 Å². The summed E-state index contributed by atoms with van der Waals surface area (Å²) in [7, 11) is 0. The molecule has 1 aromatic rings. The zero-order valence-corrected chi connectivity index (χ0v) is 14.9. The second-order valence-electron chi connectivity index (χ2n) is 7.53. The Morgan fingerprint density at radius 1 is 1.25 bits per heavy atom. The summed E-state index contributed by atoms with van der Waals surface area (Å²) < 4.78 is 42.2. The molecular formula is C16H24F3N3O2. The molecule has 0 spiro atoms. The monoisotopic (exact) mass is 347 g/mol. The molecule has 136 valence electrons. The lowest BCUT2D eigenvalue weighted by atomic mass is 9.92. The van der Waals surface area contributed by atoms with Gasteiger partial charge in [-0.05, 0) is 26.8 Å².